The van der Waals surface area contributed by atoms with E-state index in [4.69, 9.17) is 9.15 Å². The van der Waals surface area contributed by atoms with Crippen LogP contribution in [0, 0.1) is 0 Å². The molecule has 0 unspecified atom stereocenters. The lowest BCUT2D eigenvalue weighted by Gasteiger charge is -2.15. The van der Waals surface area contributed by atoms with Crippen LogP contribution in [0.3, 0.4) is 0 Å². The van der Waals surface area contributed by atoms with Crippen LogP contribution in [0.5, 0.6) is 0 Å². The van der Waals surface area contributed by atoms with E-state index in [1.165, 1.54) is 16.2 Å². The van der Waals surface area contributed by atoms with Crippen molar-refractivity contribution >= 4 is 28.2 Å². The fourth-order valence-electron chi connectivity index (χ4n) is 3.38. The third-order valence-electron chi connectivity index (χ3n) is 4.66. The normalized spacial score (nSPS) is 13.4. The van der Waals surface area contributed by atoms with E-state index in [9.17, 15) is 9.59 Å². The molecule has 2 N–H and O–H groups in total. The number of aryl methyl sites for hydroxylation is 1. The van der Waals surface area contributed by atoms with Crippen molar-refractivity contribution in [1.82, 2.24) is 10.2 Å². The highest BCUT2D eigenvalue weighted by molar-refractivity contribution is 7.17. The second-order valence-corrected chi connectivity index (χ2v) is 8.07. The molecule has 7 nitrogen and oxygen atoms in total. The molecule has 0 atom stereocenters. The Hall–Kier alpha value is -2.16. The van der Waals surface area contributed by atoms with E-state index in [2.05, 4.69) is 10.6 Å². The van der Waals surface area contributed by atoms with Gasteiger partial charge in [0, 0.05) is 18.5 Å². The van der Waals surface area contributed by atoms with Crippen molar-refractivity contribution in [3.63, 3.8) is 0 Å². The molecule has 0 aromatic carbocycles. The molecule has 0 fully saturated rings. The lowest BCUT2D eigenvalue weighted by atomic mass is 9.95. The first-order valence-electron chi connectivity index (χ1n) is 9.51. The number of carbonyl (C=O) groups is 2. The van der Waals surface area contributed by atoms with Gasteiger partial charge in [-0.1, -0.05) is 0 Å². The molecule has 0 aliphatic heterocycles. The van der Waals surface area contributed by atoms with Crippen molar-refractivity contribution < 1.29 is 18.7 Å². The number of methoxy groups -OCH3 is 1. The average molecular weight is 406 g/mol. The molecule has 0 saturated heterocycles. The molecule has 28 heavy (non-hydrogen) atoms. The van der Waals surface area contributed by atoms with Gasteiger partial charge in [-0.2, -0.15) is 0 Å². The van der Waals surface area contributed by atoms with E-state index >= 15 is 0 Å². The number of likely N-dealkylation sites (N-methyl/N-ethyl adjacent to an activating group) is 1. The van der Waals surface area contributed by atoms with Gasteiger partial charge in [0.05, 0.1) is 31.5 Å². The van der Waals surface area contributed by atoms with Crippen LogP contribution in [0.1, 0.15) is 39.4 Å². The third kappa shape index (κ3) is 5.21. The summed E-state index contributed by atoms with van der Waals surface area (Å²) in [6.45, 7) is 1.66. The summed E-state index contributed by atoms with van der Waals surface area (Å²) in [4.78, 5) is 28.4. The van der Waals surface area contributed by atoms with E-state index in [1.807, 2.05) is 24.1 Å². The standard InChI is InChI=1S/C20H27N3O4S/c1-23(12-14-6-5-10-27-14)13-17(24)22-20-18(19(25)21-9-11-26-2)15-7-3-4-8-16(15)28-20/h5-6,10H,3-4,7-9,11-13H2,1-2H3,(H,21,25)(H,22,24). The van der Waals surface area contributed by atoms with Crippen LogP contribution in [0.2, 0.25) is 0 Å². The number of nitrogens with one attached hydrogen (secondary N) is 2. The predicted molar refractivity (Wildman–Crippen MR) is 109 cm³/mol. The molecule has 2 amide bonds. The number of furan rings is 1. The fraction of sp³-hybridized carbons (Fsp3) is 0.500. The van der Waals surface area contributed by atoms with Gasteiger partial charge >= 0.3 is 0 Å². The number of anilines is 1. The number of nitrogens with zero attached hydrogens (tertiary/aromatic N) is 1. The van der Waals surface area contributed by atoms with Crippen LogP contribution in [-0.4, -0.2) is 50.6 Å². The van der Waals surface area contributed by atoms with Gasteiger partial charge < -0.3 is 19.8 Å². The maximum atomic E-state index is 12.8. The van der Waals surface area contributed by atoms with Gasteiger partial charge in [0.15, 0.2) is 0 Å². The number of fused-ring (bicyclic) bond motifs is 1. The van der Waals surface area contributed by atoms with Gasteiger partial charge in [-0.05, 0) is 50.4 Å². The van der Waals surface area contributed by atoms with Crippen LogP contribution in [0.15, 0.2) is 22.8 Å². The summed E-state index contributed by atoms with van der Waals surface area (Å²) in [5, 5.41) is 6.50. The van der Waals surface area contributed by atoms with Gasteiger partial charge in [0.25, 0.3) is 5.91 Å². The van der Waals surface area contributed by atoms with Crippen LogP contribution in [0.4, 0.5) is 5.00 Å². The van der Waals surface area contributed by atoms with E-state index < -0.39 is 0 Å². The maximum Gasteiger partial charge on any atom is 0.254 e. The Bertz CT molecular complexity index is 801. The predicted octanol–water partition coefficient (Wildman–Crippen LogP) is 2.67. The number of hydrogen-bond acceptors (Lipinski definition) is 6. The SMILES string of the molecule is COCCNC(=O)c1c(NC(=O)CN(C)Cc2ccco2)sc2c1CCCC2. The summed E-state index contributed by atoms with van der Waals surface area (Å²) in [6, 6.07) is 3.71. The van der Waals surface area contributed by atoms with Crippen LogP contribution >= 0.6 is 11.3 Å². The molecule has 0 bridgehead atoms. The van der Waals surface area contributed by atoms with Gasteiger partial charge in [-0.3, -0.25) is 14.5 Å². The second-order valence-electron chi connectivity index (χ2n) is 6.96. The van der Waals surface area contributed by atoms with Gasteiger partial charge in [0.2, 0.25) is 5.91 Å². The Morgan fingerprint density at radius 2 is 2.14 bits per heavy atom. The van der Waals surface area contributed by atoms with Gasteiger partial charge in [-0.25, -0.2) is 0 Å². The summed E-state index contributed by atoms with van der Waals surface area (Å²) in [6.07, 6.45) is 5.66. The summed E-state index contributed by atoms with van der Waals surface area (Å²) in [5.41, 5.74) is 1.71. The van der Waals surface area contributed by atoms with Crippen LogP contribution < -0.4 is 10.6 Å². The molecule has 2 aromatic heterocycles. The zero-order valence-electron chi connectivity index (χ0n) is 16.4. The average Bonchev–Trinajstić information content (AvgIpc) is 3.28. The zero-order chi connectivity index (χ0) is 19.9. The lowest BCUT2D eigenvalue weighted by molar-refractivity contribution is -0.117. The summed E-state index contributed by atoms with van der Waals surface area (Å²) in [5.74, 6) is 0.523. The lowest BCUT2D eigenvalue weighted by Crippen LogP contribution is -2.31. The van der Waals surface area contributed by atoms with E-state index in [-0.39, 0.29) is 18.4 Å². The van der Waals surface area contributed by atoms with Gasteiger partial charge in [0.1, 0.15) is 10.8 Å². The number of carbonyl (C=O) groups excluding carboxylic acids is 2. The van der Waals surface area contributed by atoms with Crippen molar-refractivity contribution in [1.29, 1.82) is 0 Å². The molecule has 2 aromatic rings. The van der Waals surface area contributed by atoms with Gasteiger partial charge in [-0.15, -0.1) is 11.3 Å². The second kappa shape index (κ2) is 9.86. The number of rotatable bonds is 9. The molecule has 8 heteroatoms. The fourth-order valence-corrected chi connectivity index (χ4v) is 4.69. The smallest absolute Gasteiger partial charge is 0.254 e. The minimum Gasteiger partial charge on any atom is -0.468 e. The monoisotopic (exact) mass is 405 g/mol. The number of thiophene rings is 1. The Labute approximate surface area is 169 Å². The van der Waals surface area contributed by atoms with Crippen molar-refractivity contribution in [2.75, 3.05) is 39.2 Å². The maximum absolute atomic E-state index is 12.8. The molecular formula is C20H27N3O4S. The molecule has 0 spiro atoms. The first-order valence-corrected chi connectivity index (χ1v) is 10.3. The minimum atomic E-state index is -0.143. The zero-order valence-corrected chi connectivity index (χ0v) is 17.2. The highest BCUT2D eigenvalue weighted by Gasteiger charge is 2.26. The molecule has 2 heterocycles. The number of ether oxygens (including phenoxy) is 1. The largest absolute Gasteiger partial charge is 0.468 e. The molecular weight excluding hydrogens is 378 g/mol. The number of hydrogen-bond donors (Lipinski definition) is 2. The Balaban J connectivity index is 1.68. The first kappa shape index (κ1) is 20.6. The van der Waals surface area contributed by atoms with Crippen molar-refractivity contribution in [2.45, 2.75) is 32.2 Å². The van der Waals surface area contributed by atoms with E-state index in [0.717, 1.165) is 37.0 Å². The molecule has 1 aliphatic rings. The highest BCUT2D eigenvalue weighted by Crippen LogP contribution is 2.38. The topological polar surface area (TPSA) is 83.8 Å². The molecule has 152 valence electrons. The first-order chi connectivity index (χ1) is 13.6. The molecule has 3 rings (SSSR count). The number of amides is 2. The molecule has 1 aliphatic carbocycles. The van der Waals surface area contributed by atoms with E-state index in [0.29, 0.717) is 30.3 Å². The van der Waals surface area contributed by atoms with Crippen LogP contribution in [0.25, 0.3) is 0 Å². The van der Waals surface area contributed by atoms with Crippen molar-refractivity contribution in [3.8, 4) is 0 Å². The van der Waals surface area contributed by atoms with E-state index in [1.54, 1.807) is 13.4 Å². The highest BCUT2D eigenvalue weighted by atomic mass is 32.1. The minimum absolute atomic E-state index is 0.140. The van der Waals surface area contributed by atoms with Crippen molar-refractivity contribution in [3.05, 3.63) is 40.2 Å². The Morgan fingerprint density at radius 3 is 2.89 bits per heavy atom. The molecule has 0 saturated carbocycles. The Morgan fingerprint density at radius 1 is 1.32 bits per heavy atom. The third-order valence-corrected chi connectivity index (χ3v) is 5.87. The van der Waals surface area contributed by atoms with Crippen molar-refractivity contribution in [2.24, 2.45) is 0 Å². The van der Waals surface area contributed by atoms with Crippen LogP contribution in [-0.2, 0) is 28.9 Å². The quantitative estimate of drug-likeness (QED) is 0.627. The molecule has 0 radical (unpaired) electrons. The summed E-state index contributed by atoms with van der Waals surface area (Å²) in [7, 11) is 3.46. The summed E-state index contributed by atoms with van der Waals surface area (Å²) >= 11 is 1.53. The summed E-state index contributed by atoms with van der Waals surface area (Å²) < 4.78 is 10.3. The Kier molecular flexibility index (Phi) is 7.24.